The highest BCUT2D eigenvalue weighted by atomic mass is 16.5. The van der Waals surface area contributed by atoms with E-state index >= 15 is 0 Å². The predicted molar refractivity (Wildman–Crippen MR) is 89.6 cm³/mol. The van der Waals surface area contributed by atoms with Crippen LogP contribution in [0.1, 0.15) is 56.2 Å². The van der Waals surface area contributed by atoms with Crippen molar-refractivity contribution in [1.29, 1.82) is 0 Å². The van der Waals surface area contributed by atoms with Crippen molar-refractivity contribution >= 4 is 11.8 Å². The Bertz CT molecular complexity index is 697. The first-order valence-electron chi connectivity index (χ1n) is 9.18. The summed E-state index contributed by atoms with van der Waals surface area (Å²) in [7, 11) is 0. The van der Waals surface area contributed by atoms with Gasteiger partial charge in [0.25, 0.3) is 0 Å². The fourth-order valence-corrected chi connectivity index (χ4v) is 3.98. The first-order valence-corrected chi connectivity index (χ1v) is 9.18. The molecule has 0 spiro atoms. The van der Waals surface area contributed by atoms with Crippen molar-refractivity contribution in [3.8, 4) is 0 Å². The van der Waals surface area contributed by atoms with Gasteiger partial charge in [0.15, 0.2) is 5.82 Å². The van der Waals surface area contributed by atoms with Crippen molar-refractivity contribution in [2.75, 3.05) is 19.6 Å². The molecule has 1 atom stereocenters. The van der Waals surface area contributed by atoms with Crippen molar-refractivity contribution in [3.05, 3.63) is 23.4 Å². The van der Waals surface area contributed by atoms with Crippen molar-refractivity contribution in [2.45, 2.75) is 57.4 Å². The average Bonchev–Trinajstić information content (AvgIpc) is 3.13. The molecule has 4 rings (SSSR count). The Morgan fingerprint density at radius 3 is 2.64 bits per heavy atom. The van der Waals surface area contributed by atoms with Crippen LogP contribution in [0.4, 0.5) is 0 Å². The quantitative estimate of drug-likeness (QED) is 0.781. The van der Waals surface area contributed by atoms with Crippen molar-refractivity contribution in [1.82, 2.24) is 19.9 Å². The molecule has 1 aromatic rings. The van der Waals surface area contributed by atoms with Crippen LogP contribution in [0.3, 0.4) is 0 Å². The molecule has 0 bridgehead atoms. The van der Waals surface area contributed by atoms with E-state index in [0.717, 1.165) is 12.8 Å². The number of hydrogen-bond acceptors (Lipinski definition) is 5. The molecule has 1 saturated carbocycles. The summed E-state index contributed by atoms with van der Waals surface area (Å²) in [5.41, 5.74) is 1.28. The second kappa shape index (κ2) is 6.61. The molecule has 2 aliphatic heterocycles. The SMILES string of the molecule is Cc1noc(C2CC(=O)N(C3CN(C(=O)C=C4CCCCC4)C3)C2)n1. The van der Waals surface area contributed by atoms with Crippen LogP contribution in [-0.4, -0.2) is 57.4 Å². The lowest BCUT2D eigenvalue weighted by atomic mass is 9.94. The zero-order valence-corrected chi connectivity index (χ0v) is 14.6. The maximum Gasteiger partial charge on any atom is 0.246 e. The van der Waals surface area contributed by atoms with Crippen molar-refractivity contribution < 1.29 is 14.1 Å². The van der Waals surface area contributed by atoms with E-state index in [9.17, 15) is 9.59 Å². The summed E-state index contributed by atoms with van der Waals surface area (Å²) in [4.78, 5) is 32.6. The lowest BCUT2D eigenvalue weighted by Crippen LogP contribution is -2.61. The first-order chi connectivity index (χ1) is 12.1. The molecular weight excluding hydrogens is 320 g/mol. The Morgan fingerprint density at radius 2 is 1.96 bits per heavy atom. The van der Waals surface area contributed by atoms with Crippen LogP contribution in [-0.2, 0) is 9.59 Å². The van der Waals surface area contributed by atoms with Crippen LogP contribution in [0.15, 0.2) is 16.2 Å². The lowest BCUT2D eigenvalue weighted by molar-refractivity contribution is -0.141. The second-order valence-electron chi connectivity index (χ2n) is 7.39. The van der Waals surface area contributed by atoms with Gasteiger partial charge in [0.05, 0.1) is 12.0 Å². The number of amides is 2. The summed E-state index contributed by atoms with van der Waals surface area (Å²) in [6.07, 6.45) is 8.01. The molecule has 0 N–H and O–H groups in total. The van der Waals surface area contributed by atoms with Crippen LogP contribution in [0.25, 0.3) is 0 Å². The normalized spacial score (nSPS) is 24.6. The maximum absolute atomic E-state index is 12.3. The molecule has 134 valence electrons. The Balaban J connectivity index is 1.31. The number of aromatic nitrogens is 2. The Kier molecular flexibility index (Phi) is 4.31. The molecule has 7 nitrogen and oxygen atoms in total. The van der Waals surface area contributed by atoms with E-state index in [1.54, 1.807) is 6.92 Å². The fraction of sp³-hybridized carbons (Fsp3) is 0.667. The first kappa shape index (κ1) is 16.3. The van der Waals surface area contributed by atoms with Gasteiger partial charge in [0.1, 0.15) is 0 Å². The van der Waals surface area contributed by atoms with E-state index in [1.807, 2.05) is 15.9 Å². The maximum atomic E-state index is 12.3. The largest absolute Gasteiger partial charge is 0.339 e. The number of rotatable bonds is 3. The topological polar surface area (TPSA) is 79.5 Å². The second-order valence-corrected chi connectivity index (χ2v) is 7.39. The van der Waals surface area contributed by atoms with E-state index in [2.05, 4.69) is 10.1 Å². The molecular formula is C18H24N4O3. The molecule has 1 unspecified atom stereocenters. The number of carbonyl (C=O) groups excluding carboxylic acids is 2. The van der Waals surface area contributed by atoms with E-state index in [1.165, 1.54) is 24.8 Å². The van der Waals surface area contributed by atoms with Crippen molar-refractivity contribution in [2.24, 2.45) is 0 Å². The lowest BCUT2D eigenvalue weighted by Gasteiger charge is -2.43. The van der Waals surface area contributed by atoms with Gasteiger partial charge in [-0.1, -0.05) is 17.2 Å². The predicted octanol–water partition coefficient (Wildman–Crippen LogP) is 1.80. The van der Waals surface area contributed by atoms with E-state index in [-0.39, 0.29) is 23.8 Å². The summed E-state index contributed by atoms with van der Waals surface area (Å²) in [5, 5.41) is 3.81. The average molecular weight is 344 g/mol. The summed E-state index contributed by atoms with van der Waals surface area (Å²) in [6, 6.07) is 0.121. The zero-order chi connectivity index (χ0) is 17.4. The smallest absolute Gasteiger partial charge is 0.246 e. The van der Waals surface area contributed by atoms with Crippen LogP contribution in [0.5, 0.6) is 0 Å². The minimum absolute atomic E-state index is 0.0252. The minimum Gasteiger partial charge on any atom is -0.339 e. The fourth-order valence-electron chi connectivity index (χ4n) is 3.98. The number of nitrogens with zero attached hydrogens (tertiary/aromatic N) is 4. The van der Waals surface area contributed by atoms with E-state index in [0.29, 0.717) is 37.8 Å². The summed E-state index contributed by atoms with van der Waals surface area (Å²) >= 11 is 0. The monoisotopic (exact) mass is 344 g/mol. The van der Waals surface area contributed by atoms with Gasteiger partial charge in [-0.3, -0.25) is 9.59 Å². The summed E-state index contributed by atoms with van der Waals surface area (Å²) in [5.74, 6) is 1.33. The highest BCUT2D eigenvalue weighted by Gasteiger charge is 2.43. The van der Waals surface area contributed by atoms with E-state index < -0.39 is 0 Å². The van der Waals surface area contributed by atoms with Gasteiger partial charge in [-0.15, -0.1) is 0 Å². The van der Waals surface area contributed by atoms with Gasteiger partial charge in [-0.05, 0) is 32.6 Å². The number of hydrogen-bond donors (Lipinski definition) is 0. The Hall–Kier alpha value is -2.18. The third-order valence-electron chi connectivity index (χ3n) is 5.49. The zero-order valence-electron chi connectivity index (χ0n) is 14.6. The van der Waals surface area contributed by atoms with Gasteiger partial charge >= 0.3 is 0 Å². The Labute approximate surface area is 147 Å². The number of aryl methyl sites for hydroxylation is 1. The van der Waals surface area contributed by atoms with Gasteiger partial charge in [-0.25, -0.2) is 0 Å². The number of allylic oxidation sites excluding steroid dienone is 1. The molecule has 25 heavy (non-hydrogen) atoms. The highest BCUT2D eigenvalue weighted by Crippen LogP contribution is 2.31. The van der Waals surface area contributed by atoms with Crippen LogP contribution in [0.2, 0.25) is 0 Å². The molecule has 1 aliphatic carbocycles. The third kappa shape index (κ3) is 3.32. The molecule has 3 fully saturated rings. The summed E-state index contributed by atoms with van der Waals surface area (Å²) in [6.45, 7) is 3.64. The molecule has 2 saturated heterocycles. The van der Waals surface area contributed by atoms with Gasteiger partial charge in [-0.2, -0.15) is 4.98 Å². The molecule has 0 aromatic carbocycles. The van der Waals surface area contributed by atoms with Crippen molar-refractivity contribution in [3.63, 3.8) is 0 Å². The molecule has 7 heteroatoms. The Morgan fingerprint density at radius 1 is 1.20 bits per heavy atom. The third-order valence-corrected chi connectivity index (χ3v) is 5.49. The van der Waals surface area contributed by atoms with Gasteiger partial charge < -0.3 is 14.3 Å². The van der Waals surface area contributed by atoms with E-state index in [4.69, 9.17) is 4.52 Å². The van der Waals surface area contributed by atoms with Gasteiger partial charge in [0.2, 0.25) is 17.7 Å². The standard InChI is InChI=1S/C18H24N4O3/c1-12-19-18(25-20-12)14-8-17(24)22(9-14)15-10-21(11-15)16(23)7-13-5-3-2-4-6-13/h7,14-15H,2-6,8-11H2,1H3. The molecule has 2 amide bonds. The number of carbonyl (C=O) groups is 2. The molecule has 3 heterocycles. The highest BCUT2D eigenvalue weighted by molar-refractivity contribution is 5.89. The minimum atomic E-state index is -0.0252. The molecule has 1 aromatic heterocycles. The van der Waals surface area contributed by atoms with Gasteiger partial charge in [0, 0.05) is 32.1 Å². The summed E-state index contributed by atoms with van der Waals surface area (Å²) < 4.78 is 5.21. The number of likely N-dealkylation sites (tertiary alicyclic amines) is 2. The molecule has 3 aliphatic rings. The van der Waals surface area contributed by atoms with Crippen LogP contribution in [0, 0.1) is 6.92 Å². The molecule has 0 radical (unpaired) electrons. The van der Waals surface area contributed by atoms with Crippen LogP contribution < -0.4 is 0 Å². The van der Waals surface area contributed by atoms with Crippen LogP contribution >= 0.6 is 0 Å².